The van der Waals surface area contributed by atoms with Gasteiger partial charge in [-0.25, -0.2) is 9.69 Å². The molecule has 5 rings (SSSR count). The fourth-order valence-electron chi connectivity index (χ4n) is 4.48. The molecule has 3 heterocycles. The summed E-state index contributed by atoms with van der Waals surface area (Å²) in [6, 6.07) is 16.7. The van der Waals surface area contributed by atoms with E-state index in [4.69, 9.17) is 4.74 Å². The van der Waals surface area contributed by atoms with Gasteiger partial charge in [-0.3, -0.25) is 9.79 Å². The van der Waals surface area contributed by atoms with E-state index < -0.39 is 0 Å². The molecule has 0 bridgehead atoms. The summed E-state index contributed by atoms with van der Waals surface area (Å²) in [5.74, 6) is 2.22. The molecule has 1 fully saturated rings. The number of rotatable bonds is 6. The van der Waals surface area contributed by atoms with E-state index in [-0.39, 0.29) is 23.7 Å². The Hall–Kier alpha value is -3.76. The second-order valence-corrected chi connectivity index (χ2v) is 10.1. The number of hydrogen-bond donors (Lipinski definition) is 3. The minimum absolute atomic E-state index is 0.0146. The number of anilines is 1. The molecular weight excluding hydrogens is 488 g/mol. The first-order valence-electron chi connectivity index (χ1n) is 12.2. The maximum atomic E-state index is 13.0. The molecule has 2 aromatic carbocycles. The molecule has 0 saturated carbocycles. The summed E-state index contributed by atoms with van der Waals surface area (Å²) in [5, 5.41) is 9.86. The Bertz CT molecular complexity index is 1240. The number of benzene rings is 2. The molecule has 3 aliphatic rings. The normalized spacial score (nSPS) is 18.5. The van der Waals surface area contributed by atoms with Crippen LogP contribution in [-0.2, 0) is 4.79 Å². The standard InChI is InChI=1S/C27H30N6O3S/c1-18-24-25(28-17-29-26(24)37-16-23(34)31-19-12-14-32(2)15-13-19)33(27(35)30-18)20-8-10-22(11-9-20)36-21-6-4-3-5-7-21/h3-11,19,28H,1,12-17H2,2H3,(H,30,35)(H,31,34). The van der Waals surface area contributed by atoms with Gasteiger partial charge in [-0.05, 0) is 69.4 Å². The van der Waals surface area contributed by atoms with Crippen molar-refractivity contribution < 1.29 is 14.3 Å². The van der Waals surface area contributed by atoms with Crippen LogP contribution >= 0.6 is 11.8 Å². The molecule has 37 heavy (non-hydrogen) atoms. The van der Waals surface area contributed by atoms with E-state index in [1.54, 1.807) is 4.90 Å². The van der Waals surface area contributed by atoms with Crippen LogP contribution in [0, 0.1) is 0 Å². The summed E-state index contributed by atoms with van der Waals surface area (Å²) >= 11 is 1.36. The molecule has 0 radical (unpaired) electrons. The van der Waals surface area contributed by atoms with E-state index in [0.29, 0.717) is 40.2 Å². The zero-order chi connectivity index (χ0) is 25.8. The van der Waals surface area contributed by atoms with Gasteiger partial charge in [0.05, 0.1) is 17.0 Å². The average molecular weight is 519 g/mol. The molecule has 2 aromatic rings. The van der Waals surface area contributed by atoms with Crippen LogP contribution < -0.4 is 25.6 Å². The molecule has 3 aliphatic heterocycles. The number of amides is 3. The van der Waals surface area contributed by atoms with Crippen LogP contribution in [0.5, 0.6) is 11.5 Å². The lowest BCUT2D eigenvalue weighted by Gasteiger charge is -2.36. The third kappa shape index (κ3) is 5.81. The van der Waals surface area contributed by atoms with E-state index in [9.17, 15) is 9.59 Å². The van der Waals surface area contributed by atoms with E-state index >= 15 is 0 Å². The van der Waals surface area contributed by atoms with Crippen molar-refractivity contribution >= 4 is 34.4 Å². The zero-order valence-electron chi connectivity index (χ0n) is 20.7. The van der Waals surface area contributed by atoms with Gasteiger partial charge >= 0.3 is 6.03 Å². The molecule has 0 unspecified atom stereocenters. The second-order valence-electron chi connectivity index (χ2n) is 9.11. The van der Waals surface area contributed by atoms with E-state index in [2.05, 4.69) is 39.5 Å². The van der Waals surface area contributed by atoms with E-state index in [0.717, 1.165) is 31.7 Å². The Kier molecular flexibility index (Phi) is 7.47. The Morgan fingerprint density at radius 2 is 1.84 bits per heavy atom. The van der Waals surface area contributed by atoms with Crippen molar-refractivity contribution in [1.82, 2.24) is 20.9 Å². The summed E-state index contributed by atoms with van der Waals surface area (Å²) in [7, 11) is 2.10. The molecule has 0 spiro atoms. The van der Waals surface area contributed by atoms with Gasteiger partial charge in [-0.1, -0.05) is 36.5 Å². The number of aliphatic imine (C=N–C) groups is 1. The number of piperidine rings is 1. The number of carbonyl (C=O) groups excluding carboxylic acids is 2. The number of urea groups is 1. The number of likely N-dealkylation sites (tertiary alicyclic amines) is 1. The highest BCUT2D eigenvalue weighted by Gasteiger charge is 2.34. The fraction of sp³-hybridized carbons (Fsp3) is 0.296. The van der Waals surface area contributed by atoms with Crippen LogP contribution in [0.25, 0.3) is 0 Å². The molecule has 9 nitrogen and oxygen atoms in total. The van der Waals surface area contributed by atoms with Crippen LogP contribution in [0.15, 0.2) is 83.3 Å². The van der Waals surface area contributed by atoms with Gasteiger partial charge < -0.3 is 25.6 Å². The van der Waals surface area contributed by atoms with E-state index in [1.807, 2.05) is 54.6 Å². The van der Waals surface area contributed by atoms with Crippen LogP contribution in [0.2, 0.25) is 0 Å². The number of para-hydroxylation sites is 1. The van der Waals surface area contributed by atoms with Gasteiger partial charge in [-0.15, -0.1) is 0 Å². The number of hydrogen-bond acceptors (Lipinski definition) is 7. The highest BCUT2D eigenvalue weighted by atomic mass is 32.2. The minimum Gasteiger partial charge on any atom is -0.457 e. The Labute approximate surface area is 220 Å². The molecule has 3 amide bonds. The largest absolute Gasteiger partial charge is 0.457 e. The van der Waals surface area contributed by atoms with Crippen molar-refractivity contribution in [2.75, 3.05) is 37.5 Å². The highest BCUT2D eigenvalue weighted by molar-refractivity contribution is 8.15. The SMILES string of the molecule is C=C1NC(=O)N(c2ccc(Oc3ccccc3)cc2)C2=C1C(SCC(=O)NC1CCN(C)CC1)=NCN2. The summed E-state index contributed by atoms with van der Waals surface area (Å²) in [5.41, 5.74) is 1.80. The number of carbonyl (C=O) groups is 2. The first-order chi connectivity index (χ1) is 18.0. The molecule has 0 aromatic heterocycles. The van der Waals surface area contributed by atoms with Gasteiger partial charge in [0.15, 0.2) is 0 Å². The topological polar surface area (TPSA) is 98.3 Å². The Morgan fingerprint density at radius 3 is 2.57 bits per heavy atom. The lowest BCUT2D eigenvalue weighted by molar-refractivity contribution is -0.119. The molecular formula is C27H30N6O3S. The summed E-state index contributed by atoms with van der Waals surface area (Å²) in [4.78, 5) is 34.0. The van der Waals surface area contributed by atoms with Crippen molar-refractivity contribution in [3.63, 3.8) is 0 Å². The maximum Gasteiger partial charge on any atom is 0.332 e. The molecule has 1 saturated heterocycles. The smallest absolute Gasteiger partial charge is 0.332 e. The van der Waals surface area contributed by atoms with Crippen molar-refractivity contribution in [2.45, 2.75) is 18.9 Å². The van der Waals surface area contributed by atoms with Crippen LogP contribution in [0.4, 0.5) is 10.5 Å². The van der Waals surface area contributed by atoms with Gasteiger partial charge in [0, 0.05) is 11.7 Å². The fourth-order valence-corrected chi connectivity index (χ4v) is 5.35. The lowest BCUT2D eigenvalue weighted by atomic mass is 10.1. The molecule has 3 N–H and O–H groups in total. The van der Waals surface area contributed by atoms with Crippen molar-refractivity contribution in [1.29, 1.82) is 0 Å². The average Bonchev–Trinajstić information content (AvgIpc) is 2.90. The Balaban J connectivity index is 1.29. The second kappa shape index (κ2) is 11.1. The van der Waals surface area contributed by atoms with Gasteiger partial charge in [-0.2, -0.15) is 0 Å². The van der Waals surface area contributed by atoms with Crippen molar-refractivity contribution in [3.05, 3.63) is 78.3 Å². The van der Waals surface area contributed by atoms with Crippen LogP contribution in [0.1, 0.15) is 12.8 Å². The number of nitrogens with zero attached hydrogens (tertiary/aromatic N) is 3. The minimum atomic E-state index is -0.320. The number of ether oxygens (including phenoxy) is 1. The number of allylic oxidation sites excluding steroid dienone is 1. The van der Waals surface area contributed by atoms with Crippen molar-refractivity contribution in [3.8, 4) is 11.5 Å². The van der Waals surface area contributed by atoms with Gasteiger partial charge in [0.25, 0.3) is 0 Å². The summed E-state index contributed by atoms with van der Waals surface area (Å²) in [6.45, 7) is 6.31. The van der Waals surface area contributed by atoms with Crippen LogP contribution in [0.3, 0.4) is 0 Å². The quantitative estimate of drug-likeness (QED) is 0.540. The highest BCUT2D eigenvalue weighted by Crippen LogP contribution is 2.33. The first-order valence-corrected chi connectivity index (χ1v) is 13.2. The van der Waals surface area contributed by atoms with Crippen LogP contribution in [-0.4, -0.2) is 60.5 Å². The van der Waals surface area contributed by atoms with Gasteiger partial charge in [0.1, 0.15) is 29.0 Å². The molecule has 0 atom stereocenters. The molecule has 0 aliphatic carbocycles. The zero-order valence-corrected chi connectivity index (χ0v) is 21.5. The first kappa shape index (κ1) is 24.9. The summed E-state index contributed by atoms with van der Waals surface area (Å²) in [6.07, 6.45) is 1.92. The summed E-state index contributed by atoms with van der Waals surface area (Å²) < 4.78 is 5.88. The molecule has 10 heteroatoms. The third-order valence-electron chi connectivity index (χ3n) is 6.40. The van der Waals surface area contributed by atoms with Gasteiger partial charge in [0.2, 0.25) is 5.91 Å². The predicted octanol–water partition coefficient (Wildman–Crippen LogP) is 3.64. The van der Waals surface area contributed by atoms with E-state index in [1.165, 1.54) is 11.8 Å². The predicted molar refractivity (Wildman–Crippen MR) is 147 cm³/mol. The lowest BCUT2D eigenvalue weighted by Crippen LogP contribution is -2.50. The number of nitrogens with one attached hydrogen (secondary N) is 3. The Morgan fingerprint density at radius 1 is 1.14 bits per heavy atom. The maximum absolute atomic E-state index is 13.0. The third-order valence-corrected chi connectivity index (χ3v) is 7.42. The molecule has 192 valence electrons. The monoisotopic (exact) mass is 518 g/mol. The van der Waals surface area contributed by atoms with Crippen molar-refractivity contribution in [2.24, 2.45) is 4.99 Å². The number of thioether (sulfide) groups is 1.